The van der Waals surface area contributed by atoms with Gasteiger partial charge in [-0.2, -0.15) is 0 Å². The molecule has 0 saturated carbocycles. The number of amides is 1. The van der Waals surface area contributed by atoms with E-state index in [9.17, 15) is 4.79 Å². The van der Waals surface area contributed by atoms with Crippen molar-refractivity contribution >= 4 is 5.91 Å². The zero-order chi connectivity index (χ0) is 12.5. The number of carbonyl (C=O) groups excluding carboxylic acids is 1. The molecule has 1 saturated heterocycles. The summed E-state index contributed by atoms with van der Waals surface area (Å²) in [6.07, 6.45) is 9.51. The Morgan fingerprint density at radius 1 is 1.29 bits per heavy atom. The normalized spacial score (nSPS) is 22.9. The fourth-order valence-corrected chi connectivity index (χ4v) is 2.49. The minimum Gasteiger partial charge on any atom is -0.356 e. The van der Waals surface area contributed by atoms with Gasteiger partial charge in [-0.15, -0.1) is 0 Å². The van der Waals surface area contributed by atoms with E-state index in [-0.39, 0.29) is 5.91 Å². The summed E-state index contributed by atoms with van der Waals surface area (Å²) >= 11 is 0. The van der Waals surface area contributed by atoms with Crippen LogP contribution in [-0.4, -0.2) is 37.0 Å². The van der Waals surface area contributed by atoms with Gasteiger partial charge in [0, 0.05) is 19.0 Å². The van der Waals surface area contributed by atoms with Crippen molar-refractivity contribution in [3.63, 3.8) is 0 Å². The third-order valence-electron chi connectivity index (χ3n) is 3.70. The highest BCUT2D eigenvalue weighted by atomic mass is 16.1. The highest BCUT2D eigenvalue weighted by Crippen LogP contribution is 2.15. The monoisotopic (exact) mass is 240 g/mol. The van der Waals surface area contributed by atoms with Crippen LogP contribution in [0.4, 0.5) is 0 Å². The SMILES string of the molecule is CCCCCCC[C@@H]1CC(=O)NCCCN1C. The smallest absolute Gasteiger partial charge is 0.221 e. The van der Waals surface area contributed by atoms with E-state index < -0.39 is 0 Å². The van der Waals surface area contributed by atoms with Crippen LogP contribution >= 0.6 is 0 Å². The average molecular weight is 240 g/mol. The Morgan fingerprint density at radius 3 is 2.82 bits per heavy atom. The highest BCUT2D eigenvalue weighted by molar-refractivity contribution is 5.76. The lowest BCUT2D eigenvalue weighted by Crippen LogP contribution is -2.41. The largest absolute Gasteiger partial charge is 0.356 e. The number of nitrogens with zero attached hydrogens (tertiary/aromatic N) is 1. The molecule has 0 aromatic heterocycles. The molecule has 0 aromatic carbocycles. The molecule has 1 aliphatic heterocycles. The zero-order valence-corrected chi connectivity index (χ0v) is 11.5. The van der Waals surface area contributed by atoms with Crippen molar-refractivity contribution in [2.24, 2.45) is 0 Å². The number of hydrogen-bond donors (Lipinski definition) is 1. The first kappa shape index (κ1) is 14.5. The number of hydrogen-bond acceptors (Lipinski definition) is 2. The Morgan fingerprint density at radius 2 is 2.06 bits per heavy atom. The van der Waals surface area contributed by atoms with Crippen LogP contribution in [-0.2, 0) is 4.79 Å². The highest BCUT2D eigenvalue weighted by Gasteiger charge is 2.19. The molecule has 0 bridgehead atoms. The molecule has 0 radical (unpaired) electrons. The summed E-state index contributed by atoms with van der Waals surface area (Å²) in [5.41, 5.74) is 0. The van der Waals surface area contributed by atoms with Gasteiger partial charge in [0.1, 0.15) is 0 Å². The summed E-state index contributed by atoms with van der Waals surface area (Å²) in [5, 5.41) is 2.98. The first-order chi connectivity index (χ1) is 8.24. The number of rotatable bonds is 6. The van der Waals surface area contributed by atoms with Gasteiger partial charge in [-0.3, -0.25) is 4.79 Å². The second-order valence-electron chi connectivity index (χ2n) is 5.24. The van der Waals surface area contributed by atoms with Gasteiger partial charge in [0.2, 0.25) is 5.91 Å². The van der Waals surface area contributed by atoms with Crippen molar-refractivity contribution < 1.29 is 4.79 Å². The number of nitrogens with one attached hydrogen (secondary N) is 1. The van der Waals surface area contributed by atoms with Crippen molar-refractivity contribution in [3.05, 3.63) is 0 Å². The molecular weight excluding hydrogens is 212 g/mol. The van der Waals surface area contributed by atoms with Crippen molar-refractivity contribution in [1.29, 1.82) is 0 Å². The molecule has 1 heterocycles. The van der Waals surface area contributed by atoms with E-state index in [0.717, 1.165) is 19.5 Å². The van der Waals surface area contributed by atoms with Crippen LogP contribution in [0.15, 0.2) is 0 Å². The van der Waals surface area contributed by atoms with E-state index in [1.807, 2.05) is 0 Å². The van der Waals surface area contributed by atoms with Crippen LogP contribution in [0, 0.1) is 0 Å². The maximum absolute atomic E-state index is 11.6. The maximum Gasteiger partial charge on any atom is 0.221 e. The number of unbranched alkanes of at least 4 members (excludes halogenated alkanes) is 4. The molecule has 3 heteroatoms. The van der Waals surface area contributed by atoms with Crippen molar-refractivity contribution in [2.75, 3.05) is 20.1 Å². The van der Waals surface area contributed by atoms with Gasteiger partial charge in [-0.1, -0.05) is 39.0 Å². The molecule has 1 N–H and O–H groups in total. The third kappa shape index (κ3) is 6.06. The average Bonchev–Trinajstić information content (AvgIpc) is 2.31. The summed E-state index contributed by atoms with van der Waals surface area (Å²) in [6.45, 7) is 4.19. The lowest BCUT2D eigenvalue weighted by Gasteiger charge is -2.30. The van der Waals surface area contributed by atoms with Crippen molar-refractivity contribution in [2.45, 2.75) is 64.3 Å². The van der Waals surface area contributed by atoms with Gasteiger partial charge in [0.15, 0.2) is 0 Å². The van der Waals surface area contributed by atoms with Gasteiger partial charge in [0.25, 0.3) is 0 Å². The van der Waals surface area contributed by atoms with Crippen molar-refractivity contribution in [1.82, 2.24) is 10.2 Å². The molecular formula is C14H28N2O. The van der Waals surface area contributed by atoms with E-state index in [0.29, 0.717) is 12.5 Å². The second kappa shape index (κ2) is 8.51. The molecule has 0 aliphatic carbocycles. The standard InChI is InChI=1S/C14H28N2O/c1-3-4-5-6-7-9-13-12-14(17)15-10-8-11-16(13)2/h13H,3-12H2,1-2H3,(H,15,17)/t13-/m1/s1. The van der Waals surface area contributed by atoms with Gasteiger partial charge >= 0.3 is 0 Å². The fraction of sp³-hybridized carbons (Fsp3) is 0.929. The summed E-state index contributed by atoms with van der Waals surface area (Å²) in [6, 6.07) is 0.455. The van der Waals surface area contributed by atoms with Gasteiger partial charge in [-0.05, 0) is 26.4 Å². The van der Waals surface area contributed by atoms with E-state index >= 15 is 0 Å². The Labute approximate surface area is 106 Å². The van der Waals surface area contributed by atoms with E-state index in [4.69, 9.17) is 0 Å². The quantitative estimate of drug-likeness (QED) is 0.724. The molecule has 0 spiro atoms. The fourth-order valence-electron chi connectivity index (χ4n) is 2.49. The van der Waals surface area contributed by atoms with E-state index in [1.54, 1.807) is 0 Å². The second-order valence-corrected chi connectivity index (χ2v) is 5.24. The lowest BCUT2D eigenvalue weighted by atomic mass is 10.0. The maximum atomic E-state index is 11.6. The summed E-state index contributed by atoms with van der Waals surface area (Å²) < 4.78 is 0. The molecule has 17 heavy (non-hydrogen) atoms. The van der Waals surface area contributed by atoms with Gasteiger partial charge in [0.05, 0.1) is 0 Å². The molecule has 1 rings (SSSR count). The molecule has 1 fully saturated rings. The van der Waals surface area contributed by atoms with Crippen LogP contribution in [0.3, 0.4) is 0 Å². The van der Waals surface area contributed by atoms with Crippen LogP contribution < -0.4 is 5.32 Å². The molecule has 1 aliphatic rings. The summed E-state index contributed by atoms with van der Waals surface area (Å²) in [4.78, 5) is 14.0. The molecule has 1 amide bonds. The number of carbonyl (C=O) groups is 1. The minimum atomic E-state index is 0.232. The zero-order valence-electron chi connectivity index (χ0n) is 11.5. The topological polar surface area (TPSA) is 32.3 Å². The van der Waals surface area contributed by atoms with E-state index in [2.05, 4.69) is 24.2 Å². The molecule has 0 aromatic rings. The third-order valence-corrected chi connectivity index (χ3v) is 3.70. The predicted octanol–water partition coefficient (Wildman–Crippen LogP) is 2.56. The lowest BCUT2D eigenvalue weighted by molar-refractivity contribution is -0.122. The Hall–Kier alpha value is -0.570. The Balaban J connectivity index is 2.24. The summed E-state index contributed by atoms with van der Waals surface area (Å²) in [7, 11) is 2.16. The van der Waals surface area contributed by atoms with Crippen LogP contribution in [0.1, 0.15) is 58.3 Å². The van der Waals surface area contributed by atoms with Crippen LogP contribution in [0.5, 0.6) is 0 Å². The molecule has 1 atom stereocenters. The van der Waals surface area contributed by atoms with Gasteiger partial charge in [-0.25, -0.2) is 0 Å². The summed E-state index contributed by atoms with van der Waals surface area (Å²) in [5.74, 6) is 0.232. The molecule has 0 unspecified atom stereocenters. The van der Waals surface area contributed by atoms with Crippen LogP contribution in [0.2, 0.25) is 0 Å². The van der Waals surface area contributed by atoms with Gasteiger partial charge < -0.3 is 10.2 Å². The Kier molecular flexibility index (Phi) is 7.25. The predicted molar refractivity (Wildman–Crippen MR) is 72.0 cm³/mol. The van der Waals surface area contributed by atoms with Crippen molar-refractivity contribution in [3.8, 4) is 0 Å². The first-order valence-electron chi connectivity index (χ1n) is 7.21. The molecule has 3 nitrogen and oxygen atoms in total. The Bertz CT molecular complexity index is 218. The van der Waals surface area contributed by atoms with Crippen LogP contribution in [0.25, 0.3) is 0 Å². The minimum absolute atomic E-state index is 0.232. The molecule has 100 valence electrons. The van der Waals surface area contributed by atoms with E-state index in [1.165, 1.54) is 38.5 Å². The first-order valence-corrected chi connectivity index (χ1v) is 7.21.